The third-order valence-electron chi connectivity index (χ3n) is 5.07. The van der Waals surface area contributed by atoms with Gasteiger partial charge in [-0.25, -0.2) is 9.50 Å². The molecule has 1 aliphatic rings. The van der Waals surface area contributed by atoms with Gasteiger partial charge in [-0.05, 0) is 29.8 Å². The van der Waals surface area contributed by atoms with Crippen LogP contribution in [0.5, 0.6) is 5.75 Å². The number of furan rings is 1. The molecular formula is C21H17N3O3. The fourth-order valence-corrected chi connectivity index (χ4v) is 3.69. The Morgan fingerprint density at radius 3 is 2.93 bits per heavy atom. The number of benzene rings is 1. The number of carbonyl (C=O) groups excluding carboxylic acids is 1. The van der Waals surface area contributed by atoms with Crippen molar-refractivity contribution in [2.45, 2.75) is 18.8 Å². The second-order valence-corrected chi connectivity index (χ2v) is 6.70. The van der Waals surface area contributed by atoms with Crippen LogP contribution in [-0.4, -0.2) is 27.5 Å². The van der Waals surface area contributed by atoms with E-state index in [-0.39, 0.29) is 11.7 Å². The number of carbonyl (C=O) groups is 1. The van der Waals surface area contributed by atoms with E-state index in [4.69, 9.17) is 14.1 Å². The Morgan fingerprint density at radius 1 is 1.19 bits per heavy atom. The van der Waals surface area contributed by atoms with Crippen LogP contribution in [0.2, 0.25) is 0 Å². The van der Waals surface area contributed by atoms with Crippen molar-refractivity contribution in [1.82, 2.24) is 14.6 Å². The summed E-state index contributed by atoms with van der Waals surface area (Å²) in [6, 6.07) is 11.6. The van der Waals surface area contributed by atoms with Crippen LogP contribution in [-0.2, 0) is 6.42 Å². The molecule has 1 aliphatic carbocycles. The summed E-state index contributed by atoms with van der Waals surface area (Å²) in [5.41, 5.74) is 4.05. The zero-order valence-electron chi connectivity index (χ0n) is 14.8. The second-order valence-electron chi connectivity index (χ2n) is 6.70. The van der Waals surface area contributed by atoms with Gasteiger partial charge in [0.2, 0.25) is 0 Å². The molecule has 3 heterocycles. The fourth-order valence-electron chi connectivity index (χ4n) is 3.69. The van der Waals surface area contributed by atoms with Crippen LogP contribution in [0.25, 0.3) is 16.8 Å². The highest BCUT2D eigenvalue weighted by Gasteiger charge is 2.30. The standard InChI is InChI=1S/C21H17N3O3/c1-26-15-5-2-4-13(8-15)16-11-22-24-12-17-18(23-21(16)24)9-14(10-19(17)25)20-6-3-7-27-20/h2-8,11-12,14H,9-10H2,1H3. The van der Waals surface area contributed by atoms with E-state index in [2.05, 4.69) is 5.10 Å². The van der Waals surface area contributed by atoms with Crippen molar-refractivity contribution in [2.24, 2.45) is 0 Å². The first kappa shape index (κ1) is 15.8. The molecule has 6 heteroatoms. The molecule has 0 saturated heterocycles. The van der Waals surface area contributed by atoms with E-state index in [9.17, 15) is 4.79 Å². The lowest BCUT2D eigenvalue weighted by atomic mass is 9.85. The van der Waals surface area contributed by atoms with Gasteiger partial charge in [0.15, 0.2) is 11.4 Å². The highest BCUT2D eigenvalue weighted by atomic mass is 16.5. The van der Waals surface area contributed by atoms with Crippen molar-refractivity contribution in [3.05, 3.63) is 72.1 Å². The number of Topliss-reactive ketones (excluding diaryl/α,β-unsaturated/α-hetero) is 1. The van der Waals surface area contributed by atoms with E-state index in [1.165, 1.54) is 0 Å². The molecular weight excluding hydrogens is 342 g/mol. The lowest BCUT2D eigenvalue weighted by Gasteiger charge is -2.21. The number of fused-ring (bicyclic) bond motifs is 2. The molecule has 0 aliphatic heterocycles. The van der Waals surface area contributed by atoms with E-state index in [1.54, 1.807) is 30.3 Å². The molecule has 0 bridgehead atoms. The maximum atomic E-state index is 12.7. The van der Waals surface area contributed by atoms with Crippen LogP contribution in [0, 0.1) is 0 Å². The molecule has 4 aromatic rings. The minimum atomic E-state index is 0.0261. The van der Waals surface area contributed by atoms with Crippen LogP contribution in [0.4, 0.5) is 0 Å². The van der Waals surface area contributed by atoms with Crippen molar-refractivity contribution in [2.75, 3.05) is 7.11 Å². The quantitative estimate of drug-likeness (QED) is 0.555. The number of ketones is 1. The van der Waals surface area contributed by atoms with Gasteiger partial charge in [-0.15, -0.1) is 0 Å². The highest BCUT2D eigenvalue weighted by molar-refractivity contribution is 5.99. The second kappa shape index (κ2) is 6.09. The van der Waals surface area contributed by atoms with Crippen LogP contribution in [0.15, 0.2) is 59.5 Å². The Bertz CT molecular complexity index is 1140. The first-order chi connectivity index (χ1) is 13.2. The predicted octanol–water partition coefficient (Wildman–Crippen LogP) is 3.91. The van der Waals surface area contributed by atoms with Crippen LogP contribution >= 0.6 is 0 Å². The van der Waals surface area contributed by atoms with Crippen molar-refractivity contribution >= 4 is 11.4 Å². The van der Waals surface area contributed by atoms with Crippen molar-refractivity contribution < 1.29 is 13.9 Å². The van der Waals surface area contributed by atoms with Crippen molar-refractivity contribution in [3.8, 4) is 16.9 Å². The highest BCUT2D eigenvalue weighted by Crippen LogP contribution is 2.34. The molecule has 6 nitrogen and oxygen atoms in total. The molecule has 0 N–H and O–H groups in total. The first-order valence-corrected chi connectivity index (χ1v) is 8.81. The minimum Gasteiger partial charge on any atom is -0.497 e. The van der Waals surface area contributed by atoms with Gasteiger partial charge in [0.1, 0.15) is 11.5 Å². The van der Waals surface area contributed by atoms with Gasteiger partial charge in [0, 0.05) is 30.5 Å². The molecule has 1 atom stereocenters. The Hall–Kier alpha value is -3.41. The largest absolute Gasteiger partial charge is 0.497 e. The molecule has 0 saturated carbocycles. The average molecular weight is 359 g/mol. The van der Waals surface area contributed by atoms with Crippen LogP contribution in [0.3, 0.4) is 0 Å². The van der Waals surface area contributed by atoms with Crippen LogP contribution < -0.4 is 4.74 Å². The first-order valence-electron chi connectivity index (χ1n) is 8.81. The lowest BCUT2D eigenvalue weighted by molar-refractivity contribution is 0.0958. The summed E-state index contributed by atoms with van der Waals surface area (Å²) in [5, 5.41) is 4.40. The number of aromatic nitrogens is 3. The maximum Gasteiger partial charge on any atom is 0.167 e. The van der Waals surface area contributed by atoms with Crippen LogP contribution in [0.1, 0.15) is 34.2 Å². The third kappa shape index (κ3) is 2.61. The lowest BCUT2D eigenvalue weighted by Crippen LogP contribution is -2.21. The number of rotatable bonds is 3. The Kier molecular flexibility index (Phi) is 3.57. The molecule has 0 radical (unpaired) electrons. The monoisotopic (exact) mass is 359 g/mol. The van der Waals surface area contributed by atoms with Gasteiger partial charge >= 0.3 is 0 Å². The van der Waals surface area contributed by atoms with E-state index in [1.807, 2.05) is 36.4 Å². The fraction of sp³-hybridized carbons (Fsp3) is 0.190. The van der Waals surface area contributed by atoms with Crippen molar-refractivity contribution in [1.29, 1.82) is 0 Å². The summed E-state index contributed by atoms with van der Waals surface area (Å²) in [6.45, 7) is 0. The average Bonchev–Trinajstić information content (AvgIpc) is 3.36. The molecule has 0 amide bonds. The zero-order chi connectivity index (χ0) is 18.4. The minimum absolute atomic E-state index is 0.0261. The Labute approximate surface area is 155 Å². The normalized spacial score (nSPS) is 16.5. The summed E-state index contributed by atoms with van der Waals surface area (Å²) in [4.78, 5) is 17.5. The summed E-state index contributed by atoms with van der Waals surface area (Å²) in [7, 11) is 1.64. The van der Waals surface area contributed by atoms with Gasteiger partial charge in [-0.1, -0.05) is 12.1 Å². The number of hydrogen-bond donors (Lipinski definition) is 0. The molecule has 3 aromatic heterocycles. The Morgan fingerprint density at radius 2 is 2.11 bits per heavy atom. The van der Waals surface area contributed by atoms with E-state index in [0.717, 1.165) is 34.0 Å². The molecule has 5 rings (SSSR count). The van der Waals surface area contributed by atoms with Gasteiger partial charge in [-0.3, -0.25) is 4.79 Å². The SMILES string of the molecule is COc1cccc(-c2cnn3cc4c(nc23)CC(c2ccco2)CC4=O)c1. The third-order valence-corrected chi connectivity index (χ3v) is 5.07. The molecule has 0 spiro atoms. The summed E-state index contributed by atoms with van der Waals surface area (Å²) >= 11 is 0. The summed E-state index contributed by atoms with van der Waals surface area (Å²) < 4.78 is 12.5. The molecule has 27 heavy (non-hydrogen) atoms. The topological polar surface area (TPSA) is 69.6 Å². The summed E-state index contributed by atoms with van der Waals surface area (Å²) in [6.07, 6.45) is 6.31. The Balaban J connectivity index is 1.62. The summed E-state index contributed by atoms with van der Waals surface area (Å²) in [5.74, 6) is 1.71. The smallest absolute Gasteiger partial charge is 0.167 e. The maximum absolute atomic E-state index is 12.7. The van der Waals surface area contributed by atoms with Crippen molar-refractivity contribution in [3.63, 3.8) is 0 Å². The van der Waals surface area contributed by atoms with Gasteiger partial charge < -0.3 is 9.15 Å². The molecule has 1 aromatic carbocycles. The van der Waals surface area contributed by atoms with E-state index in [0.29, 0.717) is 18.4 Å². The predicted molar refractivity (Wildman–Crippen MR) is 99.1 cm³/mol. The van der Waals surface area contributed by atoms with E-state index >= 15 is 0 Å². The molecule has 1 unspecified atom stereocenters. The van der Waals surface area contributed by atoms with Gasteiger partial charge in [0.25, 0.3) is 0 Å². The van der Waals surface area contributed by atoms with E-state index < -0.39 is 0 Å². The zero-order valence-corrected chi connectivity index (χ0v) is 14.8. The number of nitrogens with zero attached hydrogens (tertiary/aromatic N) is 3. The molecule has 134 valence electrons. The number of methoxy groups -OCH3 is 1. The van der Waals surface area contributed by atoms with Gasteiger partial charge in [0.05, 0.1) is 30.8 Å². The molecule has 0 fully saturated rings. The number of ether oxygens (including phenoxy) is 1. The number of hydrogen-bond acceptors (Lipinski definition) is 5. The van der Waals surface area contributed by atoms with Gasteiger partial charge in [-0.2, -0.15) is 5.10 Å².